The maximum Gasteiger partial charge on any atom is 0.277 e. The number of halogens is 1. The van der Waals surface area contributed by atoms with Gasteiger partial charge in [0.15, 0.2) is 0 Å². The summed E-state index contributed by atoms with van der Waals surface area (Å²) >= 11 is 3.51. The van der Waals surface area contributed by atoms with Crippen LogP contribution < -0.4 is 0 Å². The number of nitro groups is 1. The quantitative estimate of drug-likeness (QED) is 0.137. The molecule has 4 heteroatoms. The molecule has 0 aliphatic heterocycles. The largest absolute Gasteiger partial charge is 0.277 e. The average Bonchev–Trinajstić information content (AvgIpc) is 2.88. The summed E-state index contributed by atoms with van der Waals surface area (Å²) in [5.74, 6) is 0. The Morgan fingerprint density at radius 2 is 1.06 bits per heavy atom. The summed E-state index contributed by atoms with van der Waals surface area (Å²) in [6, 6.07) is 36.5. The van der Waals surface area contributed by atoms with Crippen LogP contribution in [0.15, 0.2) is 114 Å². The lowest BCUT2D eigenvalue weighted by atomic mass is 9.87. The van der Waals surface area contributed by atoms with E-state index in [4.69, 9.17) is 0 Å². The van der Waals surface area contributed by atoms with Gasteiger partial charge in [0, 0.05) is 10.5 Å². The highest BCUT2D eigenvalue weighted by Crippen LogP contribution is 2.43. The summed E-state index contributed by atoms with van der Waals surface area (Å²) in [5.41, 5.74) is 3.90. The minimum absolute atomic E-state index is 0.0953. The number of benzene rings is 6. The third-order valence-corrected chi connectivity index (χ3v) is 6.91. The molecule has 0 aromatic heterocycles. The highest BCUT2D eigenvalue weighted by atomic mass is 79.9. The fourth-order valence-corrected chi connectivity index (χ4v) is 5.27. The van der Waals surface area contributed by atoms with Gasteiger partial charge in [-0.2, -0.15) is 0 Å². The molecule has 0 fully saturated rings. The Labute approximate surface area is 204 Å². The second kappa shape index (κ2) is 8.08. The van der Waals surface area contributed by atoms with Crippen LogP contribution >= 0.6 is 15.9 Å². The van der Waals surface area contributed by atoms with Crippen LogP contribution in [0.5, 0.6) is 0 Å². The zero-order chi connectivity index (χ0) is 23.2. The van der Waals surface area contributed by atoms with Gasteiger partial charge in [0.2, 0.25) is 0 Å². The lowest BCUT2D eigenvalue weighted by molar-refractivity contribution is -0.384. The van der Waals surface area contributed by atoms with Crippen molar-refractivity contribution >= 4 is 53.9 Å². The van der Waals surface area contributed by atoms with E-state index < -0.39 is 0 Å². The lowest BCUT2D eigenvalue weighted by Gasteiger charge is -2.16. The van der Waals surface area contributed by atoms with Crippen molar-refractivity contribution in [1.82, 2.24) is 0 Å². The molecule has 0 radical (unpaired) electrons. The Morgan fingerprint density at radius 3 is 1.68 bits per heavy atom. The number of hydrogen-bond donors (Lipinski definition) is 0. The molecular weight excluding hydrogens is 486 g/mol. The highest BCUT2D eigenvalue weighted by Gasteiger charge is 2.20. The summed E-state index contributed by atoms with van der Waals surface area (Å²) in [5, 5.41) is 18.5. The summed E-state index contributed by atoms with van der Waals surface area (Å²) in [7, 11) is 0. The maximum atomic E-state index is 11.9. The molecule has 6 aromatic carbocycles. The van der Waals surface area contributed by atoms with Crippen LogP contribution in [0.2, 0.25) is 0 Å². The monoisotopic (exact) mass is 503 g/mol. The molecule has 0 saturated carbocycles. The minimum atomic E-state index is -0.308. The van der Waals surface area contributed by atoms with Crippen LogP contribution in [-0.2, 0) is 0 Å². The number of rotatable bonds is 3. The Morgan fingerprint density at radius 1 is 0.529 bits per heavy atom. The van der Waals surface area contributed by atoms with Gasteiger partial charge in [0.05, 0.1) is 10.5 Å². The fraction of sp³-hybridized carbons (Fsp3) is 0. The summed E-state index contributed by atoms with van der Waals surface area (Å²) < 4.78 is 0.807. The van der Waals surface area contributed by atoms with Gasteiger partial charge in [-0.05, 0) is 73.3 Å². The predicted molar refractivity (Wildman–Crippen MR) is 144 cm³/mol. The van der Waals surface area contributed by atoms with Gasteiger partial charge >= 0.3 is 0 Å². The molecule has 6 rings (SSSR count). The molecule has 0 spiro atoms. The first-order valence-corrected chi connectivity index (χ1v) is 11.8. The van der Waals surface area contributed by atoms with E-state index in [-0.39, 0.29) is 10.6 Å². The molecule has 3 nitrogen and oxygen atoms in total. The Bertz CT molecular complexity index is 1740. The van der Waals surface area contributed by atoms with Gasteiger partial charge in [-0.3, -0.25) is 10.1 Å². The minimum Gasteiger partial charge on any atom is -0.258 e. The predicted octanol–water partition coefficient (Wildman–Crippen LogP) is 9.15. The molecule has 0 atom stereocenters. The second-order valence-corrected chi connectivity index (χ2v) is 9.23. The molecule has 0 aliphatic carbocycles. The van der Waals surface area contributed by atoms with Crippen molar-refractivity contribution in [3.8, 4) is 22.3 Å². The molecule has 0 amide bonds. The van der Waals surface area contributed by atoms with E-state index in [1.165, 1.54) is 5.56 Å². The van der Waals surface area contributed by atoms with Crippen molar-refractivity contribution in [1.29, 1.82) is 0 Å². The topological polar surface area (TPSA) is 43.1 Å². The van der Waals surface area contributed by atoms with Crippen LogP contribution in [0.4, 0.5) is 5.69 Å². The van der Waals surface area contributed by atoms with Crippen LogP contribution in [-0.4, -0.2) is 4.92 Å². The van der Waals surface area contributed by atoms with Gasteiger partial charge in [-0.25, -0.2) is 0 Å². The van der Waals surface area contributed by atoms with Gasteiger partial charge in [-0.15, -0.1) is 0 Å². The van der Waals surface area contributed by atoms with Crippen molar-refractivity contribution in [3.05, 3.63) is 124 Å². The van der Waals surface area contributed by atoms with Crippen LogP contribution in [0.3, 0.4) is 0 Å². The van der Waals surface area contributed by atoms with E-state index >= 15 is 0 Å². The maximum absolute atomic E-state index is 11.9. The number of hydrogen-bond acceptors (Lipinski definition) is 2. The van der Waals surface area contributed by atoms with Crippen LogP contribution in [0, 0.1) is 10.1 Å². The first kappa shape index (κ1) is 20.6. The van der Waals surface area contributed by atoms with E-state index in [1.54, 1.807) is 12.1 Å². The SMILES string of the molecule is O=[N+]([O-])c1ccc(Br)cc1-c1cc2c3ccccc3c(-c3ccccc3)cc2c2ccccc12. The third-order valence-electron chi connectivity index (χ3n) is 6.41. The Balaban J connectivity index is 1.81. The third kappa shape index (κ3) is 3.27. The van der Waals surface area contributed by atoms with E-state index in [2.05, 4.69) is 76.6 Å². The summed E-state index contributed by atoms with van der Waals surface area (Å²) in [4.78, 5) is 11.6. The standard InChI is InChI=1S/C30H18BrNO2/c31-20-14-15-30(32(33)34)29(16-20)28-18-27-22-11-5-4-10-21(22)25(19-8-2-1-3-9-19)17-26(27)23-12-6-7-13-24(23)28/h1-18H. The first-order chi connectivity index (χ1) is 16.6. The Kier molecular flexibility index (Phi) is 4.89. The molecule has 0 saturated heterocycles. The molecule has 162 valence electrons. The van der Waals surface area contributed by atoms with Crippen molar-refractivity contribution in [2.24, 2.45) is 0 Å². The van der Waals surface area contributed by atoms with E-state index in [0.29, 0.717) is 5.56 Å². The van der Waals surface area contributed by atoms with Crippen molar-refractivity contribution in [2.45, 2.75) is 0 Å². The van der Waals surface area contributed by atoms with Crippen molar-refractivity contribution in [3.63, 3.8) is 0 Å². The average molecular weight is 504 g/mol. The lowest BCUT2D eigenvalue weighted by Crippen LogP contribution is -1.94. The second-order valence-electron chi connectivity index (χ2n) is 8.32. The molecule has 0 bridgehead atoms. The molecule has 0 N–H and O–H groups in total. The first-order valence-electron chi connectivity index (χ1n) is 11.0. The summed E-state index contributed by atoms with van der Waals surface area (Å²) in [6.45, 7) is 0. The number of nitrogens with zero attached hydrogens (tertiary/aromatic N) is 1. The number of nitro benzene ring substituents is 1. The number of fused-ring (bicyclic) bond motifs is 5. The van der Waals surface area contributed by atoms with Gasteiger partial charge < -0.3 is 0 Å². The van der Waals surface area contributed by atoms with Gasteiger partial charge in [0.1, 0.15) is 0 Å². The Hall–Kier alpha value is -4.02. The normalized spacial score (nSPS) is 11.3. The van der Waals surface area contributed by atoms with Crippen LogP contribution in [0.25, 0.3) is 54.6 Å². The molecular formula is C30H18BrNO2. The summed E-state index contributed by atoms with van der Waals surface area (Å²) in [6.07, 6.45) is 0. The van der Waals surface area contributed by atoms with E-state index in [1.807, 2.05) is 36.4 Å². The molecule has 0 heterocycles. The van der Waals surface area contributed by atoms with Crippen molar-refractivity contribution < 1.29 is 4.92 Å². The van der Waals surface area contributed by atoms with E-state index in [9.17, 15) is 10.1 Å². The van der Waals surface area contributed by atoms with Gasteiger partial charge in [-0.1, -0.05) is 94.8 Å². The molecule has 0 aliphatic rings. The zero-order valence-corrected chi connectivity index (χ0v) is 19.6. The molecule has 34 heavy (non-hydrogen) atoms. The van der Waals surface area contributed by atoms with Crippen molar-refractivity contribution in [2.75, 3.05) is 0 Å². The highest BCUT2D eigenvalue weighted by molar-refractivity contribution is 9.10. The molecule has 6 aromatic rings. The smallest absolute Gasteiger partial charge is 0.258 e. The molecule has 0 unspecified atom stereocenters. The fourth-order valence-electron chi connectivity index (χ4n) is 4.91. The van der Waals surface area contributed by atoms with Crippen LogP contribution in [0.1, 0.15) is 0 Å². The van der Waals surface area contributed by atoms with Gasteiger partial charge in [0.25, 0.3) is 5.69 Å². The van der Waals surface area contributed by atoms with E-state index in [0.717, 1.165) is 47.9 Å². The zero-order valence-electron chi connectivity index (χ0n) is 18.0.